The lowest BCUT2D eigenvalue weighted by Gasteiger charge is -2.29. The molecule has 0 saturated heterocycles. The van der Waals surface area contributed by atoms with Crippen LogP contribution in [0.1, 0.15) is 103 Å². The molecular formula is C62H62N4O. The lowest BCUT2D eigenvalue weighted by atomic mass is 9.78. The molecule has 0 unspecified atom stereocenters. The number of ether oxygens (including phenoxy) is 1. The molecule has 0 spiro atoms. The van der Waals surface area contributed by atoms with Gasteiger partial charge in [0.2, 0.25) is 0 Å². The number of fused-ring (bicyclic) bond motifs is 4. The summed E-state index contributed by atoms with van der Waals surface area (Å²) in [6, 6.07) is 64.0. The van der Waals surface area contributed by atoms with Crippen molar-refractivity contribution in [3.8, 4) is 17.3 Å². The monoisotopic (exact) mass is 878 g/mol. The normalized spacial score (nSPS) is 13.4. The highest BCUT2D eigenvalue weighted by Gasteiger charge is 2.32. The van der Waals surface area contributed by atoms with Crippen molar-refractivity contribution in [1.29, 1.82) is 0 Å². The summed E-state index contributed by atoms with van der Waals surface area (Å²) in [5.74, 6) is 2.42. The van der Waals surface area contributed by atoms with E-state index in [2.05, 4.69) is 260 Å². The fraction of sp³-hybridized carbons (Fsp3) is 0.242. The molecule has 3 heterocycles. The highest BCUT2D eigenvalue weighted by atomic mass is 16.5. The van der Waals surface area contributed by atoms with Crippen molar-refractivity contribution in [3.63, 3.8) is 0 Å². The smallest absolute Gasteiger partial charge is 0.137 e. The van der Waals surface area contributed by atoms with Crippen molar-refractivity contribution in [2.45, 2.75) is 90.9 Å². The van der Waals surface area contributed by atoms with Gasteiger partial charge in [0.05, 0.1) is 22.4 Å². The van der Waals surface area contributed by atoms with Crippen LogP contribution in [-0.4, -0.2) is 16.2 Å². The summed E-state index contributed by atoms with van der Waals surface area (Å²) in [6.07, 6.45) is 1.96. The fourth-order valence-electron chi connectivity index (χ4n) is 9.84. The SMILES string of the molecule is CC(C)(C)c1cccc(N2CN(c3cc(Oc4ccc5c6cc(C(C)(C)C)ccc6n(-c6cc(C(C)(C)c7ccccc7)ccn6)c5c4)cc(C(C)(C)c4ccccc4)c3)c3ccccc32)c1. The van der Waals surface area contributed by atoms with Crippen LogP contribution < -0.4 is 14.5 Å². The second kappa shape index (κ2) is 16.3. The quantitative estimate of drug-likeness (QED) is 0.145. The first-order chi connectivity index (χ1) is 32.0. The van der Waals surface area contributed by atoms with Crippen LogP contribution in [0.15, 0.2) is 182 Å². The van der Waals surface area contributed by atoms with Crippen molar-refractivity contribution in [3.05, 3.63) is 216 Å². The van der Waals surface area contributed by atoms with E-state index in [1.807, 2.05) is 6.20 Å². The number of anilines is 4. The summed E-state index contributed by atoms with van der Waals surface area (Å²) in [5, 5.41) is 2.36. The fourth-order valence-corrected chi connectivity index (χ4v) is 9.84. The van der Waals surface area contributed by atoms with Crippen molar-refractivity contribution in [1.82, 2.24) is 9.55 Å². The Labute approximate surface area is 397 Å². The standard InChI is InChI=1S/C62H62N4O/c1-59(2,3)44-24-19-25-48(34-44)64-41-65(56-27-18-17-26-55(56)64)49-35-47(62(9,10)43-22-15-12-16-23-43)36-51(39-49)67-50-29-30-52-53-37-45(60(4,5)6)28-31-54(53)66(57(52)40-50)58-38-46(32-33-63-58)61(7,8)42-20-13-11-14-21-42/h11-40H,41H2,1-10H3. The van der Waals surface area contributed by atoms with Crippen molar-refractivity contribution in [2.24, 2.45) is 0 Å². The van der Waals surface area contributed by atoms with Gasteiger partial charge in [0.15, 0.2) is 0 Å². The predicted octanol–water partition coefficient (Wildman–Crippen LogP) is 16.5. The van der Waals surface area contributed by atoms with E-state index >= 15 is 0 Å². The number of hydrogen-bond acceptors (Lipinski definition) is 4. The average Bonchev–Trinajstić information content (AvgIpc) is 3.87. The van der Waals surface area contributed by atoms with Crippen LogP contribution in [0.4, 0.5) is 22.7 Å². The minimum Gasteiger partial charge on any atom is -0.457 e. The van der Waals surface area contributed by atoms with Crippen molar-refractivity contribution < 1.29 is 4.74 Å². The van der Waals surface area contributed by atoms with E-state index in [0.717, 1.165) is 45.1 Å². The number of benzene rings is 7. The Bertz CT molecular complexity index is 3280. The molecule has 2 aromatic heterocycles. The molecule has 5 heteroatoms. The second-order valence-electron chi connectivity index (χ2n) is 21.5. The van der Waals surface area contributed by atoms with Crippen molar-refractivity contribution in [2.75, 3.05) is 16.5 Å². The van der Waals surface area contributed by atoms with Gasteiger partial charge >= 0.3 is 0 Å². The first-order valence-electron chi connectivity index (χ1n) is 23.7. The second-order valence-corrected chi connectivity index (χ2v) is 21.5. The summed E-state index contributed by atoms with van der Waals surface area (Å²) in [7, 11) is 0. The summed E-state index contributed by atoms with van der Waals surface area (Å²) in [5.41, 5.74) is 13.7. The lowest BCUT2D eigenvalue weighted by molar-refractivity contribution is 0.480. The molecule has 9 aromatic rings. The van der Waals surface area contributed by atoms with E-state index < -0.39 is 0 Å². The maximum atomic E-state index is 7.14. The Kier molecular flexibility index (Phi) is 10.7. The van der Waals surface area contributed by atoms with Crippen LogP contribution >= 0.6 is 0 Å². The van der Waals surface area contributed by atoms with E-state index in [1.54, 1.807) is 0 Å². The number of rotatable bonds is 9. The van der Waals surface area contributed by atoms with Crippen molar-refractivity contribution >= 4 is 44.6 Å². The molecule has 0 saturated carbocycles. The average molecular weight is 879 g/mol. The third-order valence-corrected chi connectivity index (χ3v) is 14.2. The Balaban J connectivity index is 1.11. The van der Waals surface area contributed by atoms with Crippen LogP contribution in [0.2, 0.25) is 0 Å². The van der Waals surface area contributed by atoms with Crippen LogP contribution in [0.25, 0.3) is 27.6 Å². The Morgan fingerprint density at radius 1 is 0.403 bits per heavy atom. The maximum absolute atomic E-state index is 7.14. The third kappa shape index (κ3) is 8.05. The highest BCUT2D eigenvalue weighted by molar-refractivity contribution is 6.10. The minimum atomic E-state index is -0.319. The number of nitrogens with zero attached hydrogens (tertiary/aromatic N) is 4. The first kappa shape index (κ1) is 43.8. The largest absolute Gasteiger partial charge is 0.457 e. The molecule has 67 heavy (non-hydrogen) atoms. The summed E-state index contributed by atoms with van der Waals surface area (Å²) < 4.78 is 9.46. The van der Waals surface area contributed by atoms with Gasteiger partial charge in [-0.3, -0.25) is 4.57 Å². The van der Waals surface area contributed by atoms with Gasteiger partial charge in [-0.15, -0.1) is 0 Å². The van der Waals surface area contributed by atoms with E-state index in [9.17, 15) is 0 Å². The number of aromatic nitrogens is 2. The Morgan fingerprint density at radius 2 is 0.985 bits per heavy atom. The highest BCUT2D eigenvalue weighted by Crippen LogP contribution is 2.48. The number of para-hydroxylation sites is 2. The van der Waals surface area contributed by atoms with Gasteiger partial charge in [-0.25, -0.2) is 4.98 Å². The molecule has 1 aliphatic rings. The zero-order valence-corrected chi connectivity index (χ0v) is 40.7. The zero-order chi connectivity index (χ0) is 46.9. The maximum Gasteiger partial charge on any atom is 0.137 e. The predicted molar refractivity (Wildman–Crippen MR) is 282 cm³/mol. The van der Waals surface area contributed by atoms with Gasteiger partial charge in [0.25, 0.3) is 0 Å². The van der Waals surface area contributed by atoms with Crippen LogP contribution in [0, 0.1) is 0 Å². The van der Waals surface area contributed by atoms with Crippen LogP contribution in [0.5, 0.6) is 11.5 Å². The first-order valence-corrected chi connectivity index (χ1v) is 23.7. The molecule has 0 bridgehead atoms. The van der Waals surface area contributed by atoms with E-state index in [4.69, 9.17) is 9.72 Å². The minimum absolute atomic E-state index is 0.0108. The molecule has 7 aromatic carbocycles. The van der Waals surface area contributed by atoms with E-state index in [0.29, 0.717) is 6.67 Å². The molecule has 0 fully saturated rings. The molecule has 336 valence electrons. The van der Waals surface area contributed by atoms with Crippen LogP contribution in [0.3, 0.4) is 0 Å². The summed E-state index contributed by atoms with van der Waals surface area (Å²) >= 11 is 0. The number of pyridine rings is 1. The van der Waals surface area contributed by atoms with Gasteiger partial charge in [-0.05, 0) is 117 Å². The van der Waals surface area contributed by atoms with Gasteiger partial charge in [0, 0.05) is 51.3 Å². The van der Waals surface area contributed by atoms with Crippen LogP contribution in [-0.2, 0) is 21.7 Å². The van der Waals surface area contributed by atoms with E-state index in [-0.39, 0.29) is 21.7 Å². The molecule has 1 aliphatic heterocycles. The molecular weight excluding hydrogens is 817 g/mol. The van der Waals surface area contributed by atoms with Gasteiger partial charge in [-0.2, -0.15) is 0 Å². The third-order valence-electron chi connectivity index (χ3n) is 14.2. The zero-order valence-electron chi connectivity index (χ0n) is 40.7. The molecule has 0 aliphatic carbocycles. The van der Waals surface area contributed by atoms with E-state index in [1.165, 1.54) is 50.1 Å². The summed E-state index contributed by atoms with van der Waals surface area (Å²) in [6.45, 7) is 23.5. The van der Waals surface area contributed by atoms with Gasteiger partial charge in [0.1, 0.15) is 24.0 Å². The topological polar surface area (TPSA) is 33.5 Å². The number of hydrogen-bond donors (Lipinski definition) is 0. The summed E-state index contributed by atoms with van der Waals surface area (Å²) in [4.78, 5) is 9.94. The lowest BCUT2D eigenvalue weighted by Crippen LogP contribution is -2.25. The molecule has 10 rings (SSSR count). The Hall–Kier alpha value is -7.11. The Morgan fingerprint density at radius 3 is 1.64 bits per heavy atom. The molecule has 0 amide bonds. The molecule has 0 radical (unpaired) electrons. The molecule has 0 atom stereocenters. The van der Waals surface area contributed by atoms with Gasteiger partial charge < -0.3 is 14.5 Å². The molecule has 5 nitrogen and oxygen atoms in total. The van der Waals surface area contributed by atoms with Gasteiger partial charge in [-0.1, -0.05) is 160 Å². The molecule has 0 N–H and O–H groups in total.